The van der Waals surface area contributed by atoms with Gasteiger partial charge in [-0.25, -0.2) is 15.6 Å². The zero-order valence-electron chi connectivity index (χ0n) is 13.4. The molecule has 0 spiro atoms. The van der Waals surface area contributed by atoms with Crippen LogP contribution in [0.15, 0.2) is 5.11 Å². The van der Waals surface area contributed by atoms with Crippen molar-refractivity contribution in [3.05, 3.63) is 10.4 Å². The van der Waals surface area contributed by atoms with Crippen LogP contribution < -0.4 is 5.84 Å². The maximum Gasteiger partial charge on any atom is 0.424 e. The number of aliphatic hydroxyl groups is 1. The van der Waals surface area contributed by atoms with Gasteiger partial charge in [-0.15, -0.1) is 11.6 Å². The summed E-state index contributed by atoms with van der Waals surface area (Å²) in [5.74, 6) is 6.25. The lowest BCUT2D eigenvalue weighted by Gasteiger charge is -2.28. The van der Waals surface area contributed by atoms with Crippen LogP contribution in [0.1, 0.15) is 46.5 Å². The zero-order valence-corrected chi connectivity index (χ0v) is 14.2. The number of carbonyl (C=O) groups is 1. The number of hydrogen-bond donors (Lipinski definition) is 2. The molecule has 0 radical (unpaired) electrons. The van der Waals surface area contributed by atoms with Gasteiger partial charge < -0.3 is 9.84 Å². The molecule has 22 heavy (non-hydrogen) atoms. The average molecular weight is 336 g/mol. The monoisotopic (exact) mass is 335 g/mol. The molecule has 2 atom stereocenters. The first kappa shape index (κ1) is 20.8. The average Bonchev–Trinajstić information content (AvgIpc) is 2.43. The molecule has 0 rings (SSSR count). The van der Waals surface area contributed by atoms with E-state index in [9.17, 15) is 9.90 Å². The second-order valence-corrected chi connectivity index (χ2v) is 6.41. The molecule has 3 N–H and O–H groups in total. The SMILES string of the molecule is CC(C)(C)OC(=O)N(N)C(CCC(CO)CCCCl)N=[N+]=[N-]. The number of hydrogen-bond acceptors (Lipinski definition) is 5. The fourth-order valence-corrected chi connectivity index (χ4v) is 1.98. The van der Waals surface area contributed by atoms with Crippen LogP contribution in [-0.2, 0) is 4.74 Å². The van der Waals surface area contributed by atoms with Gasteiger partial charge in [0.15, 0.2) is 0 Å². The molecule has 0 aromatic rings. The molecule has 0 fully saturated rings. The van der Waals surface area contributed by atoms with Crippen LogP contribution in [0.5, 0.6) is 0 Å². The van der Waals surface area contributed by atoms with Gasteiger partial charge in [0.1, 0.15) is 11.8 Å². The molecular weight excluding hydrogens is 310 g/mol. The Morgan fingerprint density at radius 2 is 2.09 bits per heavy atom. The number of nitrogens with two attached hydrogens (primary N) is 1. The molecule has 0 saturated heterocycles. The standard InChI is InChI=1S/C13H26ClN5O3/c1-13(2,3)22-12(21)19(16)11(17-18-15)7-6-10(9-20)5-4-8-14/h10-11,20H,4-9,16H2,1-3H3. The Kier molecular flexibility index (Phi) is 9.93. The summed E-state index contributed by atoms with van der Waals surface area (Å²) in [4.78, 5) is 14.6. The molecule has 0 aliphatic carbocycles. The van der Waals surface area contributed by atoms with E-state index in [-0.39, 0.29) is 12.5 Å². The summed E-state index contributed by atoms with van der Waals surface area (Å²) in [6.07, 6.45) is 0.842. The smallest absolute Gasteiger partial charge is 0.424 e. The van der Waals surface area contributed by atoms with Crippen LogP contribution >= 0.6 is 11.6 Å². The Morgan fingerprint density at radius 3 is 2.55 bits per heavy atom. The number of aliphatic hydroxyl groups excluding tert-OH is 1. The Hall–Kier alpha value is -1.21. The normalized spacial score (nSPS) is 13.9. The van der Waals surface area contributed by atoms with Crippen molar-refractivity contribution < 1.29 is 14.6 Å². The third-order valence-electron chi connectivity index (χ3n) is 2.95. The van der Waals surface area contributed by atoms with Crippen molar-refractivity contribution in [1.82, 2.24) is 5.01 Å². The Morgan fingerprint density at radius 1 is 1.45 bits per heavy atom. The minimum Gasteiger partial charge on any atom is -0.443 e. The lowest BCUT2D eigenvalue weighted by molar-refractivity contribution is 0.0146. The summed E-state index contributed by atoms with van der Waals surface area (Å²) in [5.41, 5.74) is 7.93. The molecule has 8 nitrogen and oxygen atoms in total. The predicted octanol–water partition coefficient (Wildman–Crippen LogP) is 3.14. The number of hydrazine groups is 1. The summed E-state index contributed by atoms with van der Waals surface area (Å²) in [6, 6.07) is 0. The van der Waals surface area contributed by atoms with Crippen molar-refractivity contribution >= 4 is 17.7 Å². The fourth-order valence-electron chi connectivity index (χ4n) is 1.83. The second kappa shape index (κ2) is 10.5. The summed E-state index contributed by atoms with van der Waals surface area (Å²) in [7, 11) is 0. The molecule has 0 aromatic carbocycles. The van der Waals surface area contributed by atoms with Crippen LogP contribution in [0.3, 0.4) is 0 Å². The maximum absolute atomic E-state index is 11.9. The second-order valence-electron chi connectivity index (χ2n) is 6.03. The summed E-state index contributed by atoms with van der Waals surface area (Å²) < 4.78 is 5.14. The number of ether oxygens (including phenoxy) is 1. The molecule has 0 heterocycles. The molecule has 0 saturated carbocycles. The highest BCUT2D eigenvalue weighted by molar-refractivity contribution is 6.17. The van der Waals surface area contributed by atoms with Crippen LogP contribution in [0.25, 0.3) is 10.4 Å². The third kappa shape index (κ3) is 8.94. The van der Waals surface area contributed by atoms with Crippen LogP contribution in [0, 0.1) is 5.92 Å². The number of alkyl halides is 1. The molecule has 0 aliphatic rings. The Balaban J connectivity index is 4.64. The third-order valence-corrected chi connectivity index (χ3v) is 3.21. The van der Waals surface area contributed by atoms with E-state index in [1.807, 2.05) is 0 Å². The summed E-state index contributed by atoms with van der Waals surface area (Å²) in [6.45, 7) is 5.16. The molecule has 2 unspecified atom stereocenters. The molecule has 128 valence electrons. The number of azide groups is 1. The molecule has 0 aromatic heterocycles. The van der Waals surface area contributed by atoms with Gasteiger partial charge in [-0.2, -0.15) is 0 Å². The van der Waals surface area contributed by atoms with Gasteiger partial charge in [0.25, 0.3) is 0 Å². The lowest BCUT2D eigenvalue weighted by atomic mass is 9.98. The molecule has 0 aliphatic heterocycles. The van der Waals surface area contributed by atoms with E-state index >= 15 is 0 Å². The van der Waals surface area contributed by atoms with Gasteiger partial charge >= 0.3 is 6.09 Å². The number of nitrogens with zero attached hydrogens (tertiary/aromatic N) is 4. The first-order valence-electron chi connectivity index (χ1n) is 7.23. The van der Waals surface area contributed by atoms with Gasteiger partial charge in [0, 0.05) is 17.4 Å². The van der Waals surface area contributed by atoms with Gasteiger partial charge in [-0.3, -0.25) is 0 Å². The first-order chi connectivity index (χ1) is 10.2. The minimum absolute atomic E-state index is 0.0108. The van der Waals surface area contributed by atoms with E-state index < -0.39 is 17.9 Å². The topological polar surface area (TPSA) is 125 Å². The highest BCUT2D eigenvalue weighted by Crippen LogP contribution is 2.18. The largest absolute Gasteiger partial charge is 0.443 e. The van der Waals surface area contributed by atoms with Crippen LogP contribution in [0.4, 0.5) is 4.79 Å². The van der Waals surface area contributed by atoms with Crippen molar-refractivity contribution in [2.24, 2.45) is 16.9 Å². The van der Waals surface area contributed by atoms with Crippen molar-refractivity contribution in [2.75, 3.05) is 12.5 Å². The predicted molar refractivity (Wildman–Crippen MR) is 85.0 cm³/mol. The van der Waals surface area contributed by atoms with E-state index in [4.69, 9.17) is 27.7 Å². The van der Waals surface area contributed by atoms with E-state index in [1.54, 1.807) is 20.8 Å². The first-order valence-corrected chi connectivity index (χ1v) is 7.76. The van der Waals surface area contributed by atoms with Gasteiger partial charge in [0.2, 0.25) is 0 Å². The van der Waals surface area contributed by atoms with E-state index in [0.717, 1.165) is 17.9 Å². The van der Waals surface area contributed by atoms with Crippen LogP contribution in [0.2, 0.25) is 0 Å². The highest BCUT2D eigenvalue weighted by atomic mass is 35.5. The van der Waals surface area contributed by atoms with Crippen molar-refractivity contribution in [1.29, 1.82) is 0 Å². The van der Waals surface area contributed by atoms with Gasteiger partial charge in [0.05, 0.1) is 0 Å². The van der Waals surface area contributed by atoms with Crippen LogP contribution in [-0.4, -0.2) is 40.5 Å². The summed E-state index contributed by atoms with van der Waals surface area (Å²) >= 11 is 5.63. The lowest BCUT2D eigenvalue weighted by Crippen LogP contribution is -2.47. The Labute approximate surface area is 136 Å². The molecule has 9 heteroatoms. The number of amides is 1. The van der Waals surface area contributed by atoms with Crippen molar-refractivity contribution in [3.63, 3.8) is 0 Å². The molecule has 1 amide bonds. The number of halogens is 1. The summed E-state index contributed by atoms with van der Waals surface area (Å²) in [5, 5.41) is 13.6. The van der Waals surface area contributed by atoms with E-state index in [1.165, 1.54) is 0 Å². The fraction of sp³-hybridized carbons (Fsp3) is 0.923. The Bertz CT molecular complexity index is 382. The van der Waals surface area contributed by atoms with E-state index in [2.05, 4.69) is 10.0 Å². The minimum atomic E-state index is -0.857. The molecule has 0 bridgehead atoms. The van der Waals surface area contributed by atoms with E-state index in [0.29, 0.717) is 18.7 Å². The molecular formula is C13H26ClN5O3. The zero-order chi connectivity index (χ0) is 17.2. The van der Waals surface area contributed by atoms with Crippen molar-refractivity contribution in [2.45, 2.75) is 58.2 Å². The number of carbonyl (C=O) groups excluding carboxylic acids is 1. The number of rotatable bonds is 9. The highest BCUT2D eigenvalue weighted by Gasteiger charge is 2.26. The van der Waals surface area contributed by atoms with Gasteiger partial charge in [-0.05, 0) is 57.9 Å². The maximum atomic E-state index is 11.9. The quantitative estimate of drug-likeness (QED) is 0.128. The van der Waals surface area contributed by atoms with Crippen molar-refractivity contribution in [3.8, 4) is 0 Å². The van der Waals surface area contributed by atoms with Gasteiger partial charge in [-0.1, -0.05) is 5.11 Å².